The van der Waals surface area contributed by atoms with Gasteiger partial charge < -0.3 is 19.7 Å². The summed E-state index contributed by atoms with van der Waals surface area (Å²) in [7, 11) is 0. The van der Waals surface area contributed by atoms with Gasteiger partial charge in [-0.1, -0.05) is 0 Å². The third-order valence-electron chi connectivity index (χ3n) is 2.33. The van der Waals surface area contributed by atoms with Gasteiger partial charge in [0.1, 0.15) is 12.2 Å². The van der Waals surface area contributed by atoms with Gasteiger partial charge in [-0.05, 0) is 22.0 Å². The van der Waals surface area contributed by atoms with Crippen molar-refractivity contribution in [3.05, 3.63) is 22.3 Å². The summed E-state index contributed by atoms with van der Waals surface area (Å²) in [6.07, 6.45) is 1.58. The average Bonchev–Trinajstić information content (AvgIpc) is 2.24. The van der Waals surface area contributed by atoms with Crippen LogP contribution in [0, 0.1) is 0 Å². The van der Waals surface area contributed by atoms with Crippen molar-refractivity contribution in [3.63, 3.8) is 0 Å². The van der Waals surface area contributed by atoms with Crippen molar-refractivity contribution in [2.75, 3.05) is 26.4 Å². The van der Waals surface area contributed by atoms with Crippen molar-refractivity contribution in [1.29, 1.82) is 0 Å². The van der Waals surface area contributed by atoms with Crippen LogP contribution in [0.2, 0.25) is 0 Å². The zero-order valence-corrected chi connectivity index (χ0v) is 10.1. The van der Waals surface area contributed by atoms with Crippen LogP contribution in [-0.2, 0) is 10.3 Å². The fraction of sp³-hybridized carbons (Fsp3) is 0.500. The molecule has 0 saturated carbocycles. The van der Waals surface area contributed by atoms with Crippen LogP contribution in [0.4, 0.5) is 0 Å². The van der Waals surface area contributed by atoms with Crippen molar-refractivity contribution < 1.29 is 19.7 Å². The highest BCUT2D eigenvalue weighted by Gasteiger charge is 2.41. The largest absolute Gasteiger partial charge is 0.475 e. The molecule has 1 aromatic rings. The molecule has 0 amide bonds. The van der Waals surface area contributed by atoms with Crippen LogP contribution in [0.15, 0.2) is 16.7 Å². The van der Waals surface area contributed by atoms with Gasteiger partial charge >= 0.3 is 0 Å². The molecule has 2 rings (SSSR count). The van der Waals surface area contributed by atoms with Crippen LogP contribution in [0.1, 0.15) is 5.56 Å². The Kier molecular flexibility index (Phi) is 3.44. The van der Waals surface area contributed by atoms with E-state index in [1.807, 2.05) is 0 Å². The van der Waals surface area contributed by atoms with Gasteiger partial charge in [0.05, 0.1) is 25.4 Å². The zero-order valence-electron chi connectivity index (χ0n) is 8.52. The molecule has 0 unspecified atom stereocenters. The minimum Gasteiger partial charge on any atom is -0.475 e. The van der Waals surface area contributed by atoms with Crippen LogP contribution >= 0.6 is 15.9 Å². The summed E-state index contributed by atoms with van der Waals surface area (Å²) in [6.45, 7) is 0.534. The molecule has 0 aromatic carbocycles. The highest BCUT2D eigenvalue weighted by atomic mass is 79.9. The normalized spacial score (nSPS) is 17.9. The van der Waals surface area contributed by atoms with E-state index in [-0.39, 0.29) is 26.4 Å². The Bertz CT molecular complexity index is 381. The van der Waals surface area contributed by atoms with Crippen LogP contribution in [0.3, 0.4) is 0 Å². The summed E-state index contributed by atoms with van der Waals surface area (Å²) >= 11 is 3.29. The maximum absolute atomic E-state index is 10.2. The Morgan fingerprint density at radius 2 is 2.31 bits per heavy atom. The number of rotatable bonds is 4. The second-order valence-corrected chi connectivity index (χ2v) is 4.52. The minimum atomic E-state index is -1.03. The molecule has 5 nitrogen and oxygen atoms in total. The highest BCUT2D eigenvalue weighted by Crippen LogP contribution is 2.35. The molecular weight excluding hydrogens is 278 g/mol. The van der Waals surface area contributed by atoms with E-state index in [0.29, 0.717) is 11.4 Å². The average molecular weight is 290 g/mol. The van der Waals surface area contributed by atoms with Gasteiger partial charge in [0.2, 0.25) is 5.88 Å². The molecule has 1 aliphatic rings. The first-order valence-electron chi connectivity index (χ1n) is 4.85. The van der Waals surface area contributed by atoms with Crippen LogP contribution in [0.5, 0.6) is 5.88 Å². The van der Waals surface area contributed by atoms with Crippen molar-refractivity contribution in [2.24, 2.45) is 0 Å². The first-order valence-corrected chi connectivity index (χ1v) is 5.65. The Balaban J connectivity index is 2.29. The first kappa shape index (κ1) is 11.8. The zero-order chi connectivity index (χ0) is 11.6. The van der Waals surface area contributed by atoms with E-state index in [1.165, 1.54) is 0 Å². The fourth-order valence-electron chi connectivity index (χ4n) is 1.47. The molecule has 1 saturated heterocycles. The number of aliphatic hydroxyl groups excluding tert-OH is 1. The maximum atomic E-state index is 10.2. The monoisotopic (exact) mass is 289 g/mol. The Morgan fingerprint density at radius 3 is 2.88 bits per heavy atom. The number of hydrogen-bond acceptors (Lipinski definition) is 5. The molecule has 2 N–H and O–H groups in total. The maximum Gasteiger partial charge on any atom is 0.219 e. The van der Waals surface area contributed by atoms with Gasteiger partial charge in [0, 0.05) is 10.7 Å². The van der Waals surface area contributed by atoms with Crippen molar-refractivity contribution >= 4 is 15.9 Å². The predicted molar refractivity (Wildman–Crippen MR) is 59.2 cm³/mol. The lowest BCUT2D eigenvalue weighted by molar-refractivity contribution is -0.185. The SMILES string of the molecule is OCCOc1ncc(Br)cc1C1(O)COC1. The van der Waals surface area contributed by atoms with E-state index in [1.54, 1.807) is 12.3 Å². The van der Waals surface area contributed by atoms with E-state index >= 15 is 0 Å². The molecule has 1 aliphatic heterocycles. The number of aromatic nitrogens is 1. The van der Waals surface area contributed by atoms with E-state index in [0.717, 1.165) is 4.47 Å². The standard InChI is InChI=1S/C10H12BrNO4/c11-7-3-8(10(14)5-15-6-10)9(12-4-7)16-2-1-13/h3-4,13-14H,1-2,5-6H2. The molecule has 0 radical (unpaired) electrons. The van der Waals surface area contributed by atoms with E-state index in [9.17, 15) is 5.11 Å². The van der Waals surface area contributed by atoms with Gasteiger partial charge in [-0.3, -0.25) is 0 Å². The van der Waals surface area contributed by atoms with Gasteiger partial charge in [0.15, 0.2) is 0 Å². The molecule has 0 aliphatic carbocycles. The molecule has 2 heterocycles. The van der Waals surface area contributed by atoms with E-state index in [4.69, 9.17) is 14.6 Å². The summed E-state index contributed by atoms with van der Waals surface area (Å²) in [5, 5.41) is 18.9. The number of ether oxygens (including phenoxy) is 2. The summed E-state index contributed by atoms with van der Waals surface area (Å²) in [5.41, 5.74) is -0.441. The highest BCUT2D eigenvalue weighted by molar-refractivity contribution is 9.10. The number of aliphatic hydroxyl groups is 2. The molecule has 0 bridgehead atoms. The molecule has 0 atom stereocenters. The van der Waals surface area contributed by atoms with Crippen LogP contribution < -0.4 is 4.74 Å². The second kappa shape index (κ2) is 4.67. The topological polar surface area (TPSA) is 71.8 Å². The first-order chi connectivity index (χ1) is 7.65. The lowest BCUT2D eigenvalue weighted by Crippen LogP contribution is -2.46. The van der Waals surface area contributed by atoms with Gasteiger partial charge in [-0.15, -0.1) is 0 Å². The molecule has 88 valence electrons. The lowest BCUT2D eigenvalue weighted by Gasteiger charge is -2.37. The third kappa shape index (κ3) is 2.20. The number of nitrogens with zero attached hydrogens (tertiary/aromatic N) is 1. The van der Waals surface area contributed by atoms with Crippen molar-refractivity contribution in [1.82, 2.24) is 4.98 Å². The number of hydrogen-bond donors (Lipinski definition) is 2. The van der Waals surface area contributed by atoms with Crippen molar-refractivity contribution in [2.45, 2.75) is 5.60 Å². The molecule has 1 fully saturated rings. The molecule has 6 heteroatoms. The minimum absolute atomic E-state index is 0.0912. The predicted octanol–water partition coefficient (Wildman–Crippen LogP) is 0.433. The van der Waals surface area contributed by atoms with Crippen LogP contribution in [-0.4, -0.2) is 41.6 Å². The Hall–Kier alpha value is -0.690. The lowest BCUT2D eigenvalue weighted by atomic mass is 9.93. The summed E-state index contributed by atoms with van der Waals surface area (Å²) in [4.78, 5) is 4.07. The van der Waals surface area contributed by atoms with E-state index < -0.39 is 5.60 Å². The molecule has 1 aromatic heterocycles. The smallest absolute Gasteiger partial charge is 0.219 e. The Labute approximate surface area is 101 Å². The van der Waals surface area contributed by atoms with Crippen molar-refractivity contribution in [3.8, 4) is 5.88 Å². The van der Waals surface area contributed by atoms with E-state index in [2.05, 4.69) is 20.9 Å². The number of pyridine rings is 1. The quantitative estimate of drug-likeness (QED) is 0.841. The van der Waals surface area contributed by atoms with Crippen LogP contribution in [0.25, 0.3) is 0 Å². The summed E-state index contributed by atoms with van der Waals surface area (Å²) in [5.74, 6) is 0.336. The fourth-order valence-corrected chi connectivity index (χ4v) is 1.80. The second-order valence-electron chi connectivity index (χ2n) is 3.60. The molecular formula is C10H12BrNO4. The summed E-state index contributed by atoms with van der Waals surface area (Å²) < 4.78 is 11.0. The molecule has 0 spiro atoms. The number of halogens is 1. The Morgan fingerprint density at radius 1 is 1.56 bits per heavy atom. The third-order valence-corrected chi connectivity index (χ3v) is 2.76. The van der Waals surface area contributed by atoms with Gasteiger partial charge in [0.25, 0.3) is 0 Å². The summed E-state index contributed by atoms with van der Waals surface area (Å²) in [6, 6.07) is 1.75. The molecule has 16 heavy (non-hydrogen) atoms. The van der Waals surface area contributed by atoms with Gasteiger partial charge in [-0.2, -0.15) is 0 Å². The van der Waals surface area contributed by atoms with Gasteiger partial charge in [-0.25, -0.2) is 4.98 Å².